The number of aryl methyl sites for hydroxylation is 2. The van der Waals surface area contributed by atoms with Crippen LogP contribution in [0, 0.1) is 6.92 Å². The van der Waals surface area contributed by atoms with Gasteiger partial charge in [0.05, 0.1) is 0 Å². The molecular weight excluding hydrogens is 258 g/mol. The van der Waals surface area contributed by atoms with Crippen LogP contribution in [0.25, 0.3) is 0 Å². The summed E-state index contributed by atoms with van der Waals surface area (Å²) in [5.41, 5.74) is 5.04. The lowest BCUT2D eigenvalue weighted by Gasteiger charge is -2.14. The molecule has 0 heterocycles. The maximum absolute atomic E-state index is 5.94. The molecule has 0 saturated heterocycles. The largest absolute Gasteiger partial charge is 0.489 e. The summed E-state index contributed by atoms with van der Waals surface area (Å²) >= 11 is 0. The van der Waals surface area contributed by atoms with Gasteiger partial charge in [-0.2, -0.15) is 0 Å². The molecule has 0 aromatic heterocycles. The van der Waals surface area contributed by atoms with E-state index in [2.05, 4.69) is 68.6 Å². The molecule has 2 nitrogen and oxygen atoms in total. The molecule has 2 aromatic rings. The summed E-state index contributed by atoms with van der Waals surface area (Å²) in [5, 5.41) is 3.26. The van der Waals surface area contributed by atoms with Crippen LogP contribution in [-0.4, -0.2) is 7.05 Å². The van der Waals surface area contributed by atoms with E-state index >= 15 is 0 Å². The second-order valence-corrected chi connectivity index (χ2v) is 5.49. The number of benzene rings is 2. The summed E-state index contributed by atoms with van der Waals surface area (Å²) in [6.45, 7) is 7.04. The van der Waals surface area contributed by atoms with Crippen molar-refractivity contribution < 1.29 is 4.74 Å². The average Bonchev–Trinajstić information content (AvgIpc) is 2.53. The van der Waals surface area contributed by atoms with E-state index in [1.165, 1.54) is 22.3 Å². The summed E-state index contributed by atoms with van der Waals surface area (Å²) in [7, 11) is 1.98. The number of hydrogen-bond donors (Lipinski definition) is 1. The van der Waals surface area contributed by atoms with Crippen LogP contribution < -0.4 is 10.1 Å². The van der Waals surface area contributed by atoms with Gasteiger partial charge in [0.15, 0.2) is 0 Å². The Kier molecular flexibility index (Phi) is 5.40. The topological polar surface area (TPSA) is 21.3 Å². The van der Waals surface area contributed by atoms with E-state index in [1.54, 1.807) is 0 Å². The number of ether oxygens (including phenoxy) is 1. The number of rotatable bonds is 6. The van der Waals surface area contributed by atoms with Gasteiger partial charge in [0.2, 0.25) is 0 Å². The molecule has 0 saturated carbocycles. The van der Waals surface area contributed by atoms with E-state index in [0.29, 0.717) is 12.6 Å². The summed E-state index contributed by atoms with van der Waals surface area (Å²) in [4.78, 5) is 0. The van der Waals surface area contributed by atoms with Crippen molar-refractivity contribution in [1.29, 1.82) is 0 Å². The van der Waals surface area contributed by atoms with Crippen molar-refractivity contribution in [2.75, 3.05) is 7.05 Å². The molecule has 112 valence electrons. The number of hydrogen-bond acceptors (Lipinski definition) is 2. The van der Waals surface area contributed by atoms with Gasteiger partial charge in [-0.05, 0) is 55.6 Å². The van der Waals surface area contributed by atoms with Crippen molar-refractivity contribution >= 4 is 0 Å². The summed E-state index contributed by atoms with van der Waals surface area (Å²) in [6, 6.07) is 15.4. The molecule has 0 aliphatic rings. The third-order valence-corrected chi connectivity index (χ3v) is 3.96. The van der Waals surface area contributed by atoms with E-state index < -0.39 is 0 Å². The molecule has 1 N–H and O–H groups in total. The normalized spacial score (nSPS) is 12.2. The first-order valence-corrected chi connectivity index (χ1v) is 7.62. The SMILES string of the molecule is CCc1ccc(COc2ccc(C(C)NC)cc2C)cc1. The van der Waals surface area contributed by atoms with Crippen molar-refractivity contribution in [2.24, 2.45) is 0 Å². The minimum absolute atomic E-state index is 0.360. The van der Waals surface area contributed by atoms with Gasteiger partial charge in [0.25, 0.3) is 0 Å². The lowest BCUT2D eigenvalue weighted by Crippen LogP contribution is -2.12. The lowest BCUT2D eigenvalue weighted by atomic mass is 10.1. The van der Waals surface area contributed by atoms with Crippen LogP contribution in [0.2, 0.25) is 0 Å². The molecule has 0 fully saturated rings. The number of nitrogens with one attached hydrogen (secondary N) is 1. The van der Waals surface area contributed by atoms with Gasteiger partial charge in [-0.15, -0.1) is 0 Å². The van der Waals surface area contributed by atoms with E-state index in [4.69, 9.17) is 4.74 Å². The van der Waals surface area contributed by atoms with Crippen LogP contribution in [0.4, 0.5) is 0 Å². The van der Waals surface area contributed by atoms with Crippen LogP contribution in [-0.2, 0) is 13.0 Å². The average molecular weight is 283 g/mol. The molecule has 2 heteroatoms. The van der Waals surface area contributed by atoms with Gasteiger partial charge >= 0.3 is 0 Å². The minimum Gasteiger partial charge on any atom is -0.489 e. The fraction of sp³-hybridized carbons (Fsp3) is 0.368. The summed E-state index contributed by atoms with van der Waals surface area (Å²) in [5.74, 6) is 0.960. The smallest absolute Gasteiger partial charge is 0.122 e. The van der Waals surface area contributed by atoms with Crippen LogP contribution >= 0.6 is 0 Å². The third kappa shape index (κ3) is 4.08. The summed E-state index contributed by atoms with van der Waals surface area (Å²) in [6.07, 6.45) is 1.07. The lowest BCUT2D eigenvalue weighted by molar-refractivity contribution is 0.304. The van der Waals surface area contributed by atoms with Gasteiger partial charge in [0, 0.05) is 6.04 Å². The quantitative estimate of drug-likeness (QED) is 0.847. The Balaban J connectivity index is 2.02. The van der Waals surface area contributed by atoms with Crippen molar-refractivity contribution in [3.63, 3.8) is 0 Å². The van der Waals surface area contributed by atoms with Gasteiger partial charge in [-0.3, -0.25) is 0 Å². The Morgan fingerprint density at radius 3 is 2.29 bits per heavy atom. The highest BCUT2D eigenvalue weighted by atomic mass is 16.5. The predicted octanol–water partition coefficient (Wildman–Crippen LogP) is 4.42. The monoisotopic (exact) mass is 283 g/mol. The highest BCUT2D eigenvalue weighted by Crippen LogP contribution is 2.23. The maximum Gasteiger partial charge on any atom is 0.122 e. The fourth-order valence-corrected chi connectivity index (χ4v) is 2.30. The van der Waals surface area contributed by atoms with E-state index in [1.807, 2.05) is 7.05 Å². The molecule has 1 unspecified atom stereocenters. The van der Waals surface area contributed by atoms with E-state index in [0.717, 1.165) is 12.2 Å². The highest BCUT2D eigenvalue weighted by molar-refractivity contribution is 5.37. The van der Waals surface area contributed by atoms with Gasteiger partial charge in [0.1, 0.15) is 12.4 Å². The van der Waals surface area contributed by atoms with Crippen LogP contribution in [0.3, 0.4) is 0 Å². The van der Waals surface area contributed by atoms with Crippen molar-refractivity contribution in [2.45, 2.75) is 39.8 Å². The summed E-state index contributed by atoms with van der Waals surface area (Å²) < 4.78 is 5.94. The molecule has 0 amide bonds. The zero-order valence-electron chi connectivity index (χ0n) is 13.4. The first-order valence-electron chi connectivity index (χ1n) is 7.62. The molecular formula is C19H25NO. The molecule has 0 aliphatic carbocycles. The molecule has 2 rings (SSSR count). The van der Waals surface area contributed by atoms with Crippen molar-refractivity contribution in [3.05, 3.63) is 64.7 Å². The molecule has 2 aromatic carbocycles. The van der Waals surface area contributed by atoms with E-state index in [-0.39, 0.29) is 0 Å². The Morgan fingerprint density at radius 2 is 1.71 bits per heavy atom. The molecule has 1 atom stereocenters. The Hall–Kier alpha value is -1.80. The van der Waals surface area contributed by atoms with Gasteiger partial charge in [-0.1, -0.05) is 43.3 Å². The standard InChI is InChI=1S/C19H25NO/c1-5-16-6-8-17(9-7-16)13-21-19-11-10-18(12-14(19)2)15(3)20-4/h6-12,15,20H,5,13H2,1-4H3. The second kappa shape index (κ2) is 7.28. The molecule has 0 aliphatic heterocycles. The van der Waals surface area contributed by atoms with Crippen LogP contribution in [0.1, 0.15) is 42.1 Å². The second-order valence-electron chi connectivity index (χ2n) is 5.49. The van der Waals surface area contributed by atoms with E-state index in [9.17, 15) is 0 Å². The maximum atomic E-state index is 5.94. The Bertz CT molecular complexity index is 575. The zero-order chi connectivity index (χ0) is 15.2. The predicted molar refractivity (Wildman–Crippen MR) is 88.8 cm³/mol. The molecule has 0 bridgehead atoms. The first kappa shape index (κ1) is 15.6. The first-order chi connectivity index (χ1) is 10.1. The Labute approximate surface area is 128 Å². The molecule has 0 spiro atoms. The van der Waals surface area contributed by atoms with Gasteiger partial charge in [-0.25, -0.2) is 0 Å². The van der Waals surface area contributed by atoms with Crippen LogP contribution in [0.15, 0.2) is 42.5 Å². The zero-order valence-corrected chi connectivity index (χ0v) is 13.4. The molecule has 0 radical (unpaired) electrons. The van der Waals surface area contributed by atoms with Crippen molar-refractivity contribution in [1.82, 2.24) is 5.32 Å². The Morgan fingerprint density at radius 1 is 1.05 bits per heavy atom. The van der Waals surface area contributed by atoms with Crippen LogP contribution in [0.5, 0.6) is 5.75 Å². The minimum atomic E-state index is 0.360. The van der Waals surface area contributed by atoms with Gasteiger partial charge < -0.3 is 10.1 Å². The van der Waals surface area contributed by atoms with Crippen molar-refractivity contribution in [3.8, 4) is 5.75 Å². The fourth-order valence-electron chi connectivity index (χ4n) is 2.30. The third-order valence-electron chi connectivity index (χ3n) is 3.96. The highest BCUT2D eigenvalue weighted by Gasteiger charge is 2.06. The molecule has 21 heavy (non-hydrogen) atoms.